The van der Waals surface area contributed by atoms with Gasteiger partial charge in [0.05, 0.1) is 12.4 Å². The predicted octanol–water partition coefficient (Wildman–Crippen LogP) is 0.826. The summed E-state index contributed by atoms with van der Waals surface area (Å²) in [5, 5.41) is 19.7. The molecular weight excluding hydrogens is 1040 g/mol. The van der Waals surface area contributed by atoms with Crippen molar-refractivity contribution in [2.45, 2.75) is 107 Å². The van der Waals surface area contributed by atoms with Crippen LogP contribution in [0.5, 0.6) is 0 Å². The molecule has 0 saturated carbocycles. The van der Waals surface area contributed by atoms with Gasteiger partial charge in [0.25, 0.3) is 0 Å². The highest BCUT2D eigenvalue weighted by Crippen LogP contribution is 2.25. The van der Waals surface area contributed by atoms with Crippen LogP contribution < -0.4 is 54.4 Å². The van der Waals surface area contributed by atoms with Crippen LogP contribution in [0.4, 0.5) is 8.78 Å². The first-order chi connectivity index (χ1) is 36.9. The topological polar surface area (TPSA) is 343 Å². The van der Waals surface area contributed by atoms with Gasteiger partial charge in [-0.2, -0.15) is 0 Å². The van der Waals surface area contributed by atoms with Crippen molar-refractivity contribution in [3.63, 3.8) is 0 Å². The molecule has 1 aliphatic rings. The van der Waals surface area contributed by atoms with Crippen molar-refractivity contribution >= 4 is 79.7 Å². The monoisotopic (exact) mass is 1100 g/mol. The lowest BCUT2D eigenvalue weighted by Gasteiger charge is -2.29. The Morgan fingerprint density at radius 1 is 0.740 bits per heavy atom. The molecular formula is C52H65F2N13O8S2. The molecule has 8 amide bonds. The first kappa shape index (κ1) is 58.9. The first-order valence-electron chi connectivity index (χ1n) is 25.0. The number of hydrogen-bond acceptors (Lipinski definition) is 13. The van der Waals surface area contributed by atoms with Crippen LogP contribution >= 0.6 is 21.6 Å². The third-order valence-electron chi connectivity index (χ3n) is 12.7. The smallest absolute Gasteiger partial charge is 0.244 e. The fraction of sp³-hybridized carbons (Fsp3) is 0.404. The first-order valence-corrected chi connectivity index (χ1v) is 27.5. The zero-order valence-corrected chi connectivity index (χ0v) is 44.1. The minimum absolute atomic E-state index is 0.0607. The molecule has 2 aromatic heterocycles. The van der Waals surface area contributed by atoms with Crippen LogP contribution in [-0.4, -0.2) is 129 Å². The summed E-state index contributed by atoms with van der Waals surface area (Å²) in [6, 6.07) is 7.21. The van der Waals surface area contributed by atoms with Gasteiger partial charge in [-0.15, -0.1) is 0 Å². The maximum absolute atomic E-state index is 14.7. The van der Waals surface area contributed by atoms with E-state index in [-0.39, 0.29) is 50.2 Å². The van der Waals surface area contributed by atoms with Gasteiger partial charge in [0.15, 0.2) is 0 Å². The Bertz CT molecular complexity index is 2860. The van der Waals surface area contributed by atoms with Gasteiger partial charge >= 0.3 is 0 Å². The number of amides is 8. The number of carbonyl (C=O) groups excluding carboxylic acids is 8. The Hall–Kier alpha value is -7.35. The lowest BCUT2D eigenvalue weighted by Crippen LogP contribution is -2.61. The summed E-state index contributed by atoms with van der Waals surface area (Å²) in [5.74, 6) is -8.90. The quantitative estimate of drug-likeness (QED) is 0.0428. The number of H-pyrrole nitrogens is 2. The normalized spacial score (nSPS) is 21.2. The molecule has 0 aliphatic carbocycles. The van der Waals surface area contributed by atoms with Crippen molar-refractivity contribution in [2.24, 2.45) is 23.1 Å². The summed E-state index contributed by atoms with van der Waals surface area (Å²) in [5.41, 5.74) is 20.4. The maximum Gasteiger partial charge on any atom is 0.244 e. The number of nitrogens with zero attached hydrogens (tertiary/aromatic N) is 1. The molecule has 0 spiro atoms. The van der Waals surface area contributed by atoms with Crippen molar-refractivity contribution in [3.05, 3.63) is 126 Å². The summed E-state index contributed by atoms with van der Waals surface area (Å²) in [7, 11) is 1.98. The number of rotatable bonds is 18. The largest absolute Gasteiger partial charge is 0.368 e. The average Bonchev–Trinajstić information content (AvgIpc) is 4.07. The molecule has 1 fully saturated rings. The molecule has 5 aromatic rings. The van der Waals surface area contributed by atoms with Gasteiger partial charge in [0.1, 0.15) is 53.9 Å². The third-order valence-corrected chi connectivity index (χ3v) is 15.1. The number of para-hydroxylation sites is 1. The van der Waals surface area contributed by atoms with E-state index in [0.717, 1.165) is 32.5 Å². The van der Waals surface area contributed by atoms with Gasteiger partial charge in [0.2, 0.25) is 47.3 Å². The maximum atomic E-state index is 14.7. The number of imidazole rings is 1. The molecule has 6 rings (SSSR count). The number of benzene rings is 3. The Balaban J connectivity index is 1.38. The van der Waals surface area contributed by atoms with E-state index in [1.165, 1.54) is 55.0 Å². The average molecular weight is 1100 g/mol. The van der Waals surface area contributed by atoms with E-state index in [2.05, 4.69) is 52.2 Å². The standard InChI is InChI=1S/C52H65F2N13O8S2/c1-28(2)44-52(75)66-43(50(73)62-39(45(57)68)20-30-10-8-12-33(54)18-30)26-77-76-25-42(65-46(69)36(56)19-29-9-7-11-32(53)17-29)51(74)64-41(22-34-24-58-27-60-34)49(72)63-40(21-31-23-59-37-14-4-3-13-35(31)37)48(71)61-38(47(70)67-44)15-5-6-16-55/h3-4,7-14,17-18,23-24,27-28,36,38-44,59H,5-6,15-16,19-22,25-26,55-56H2,1-2H3,(H2,57,68)(H,58,60)(H,61,71)(H,62,73)(H,63,72)(H,64,74)(H,65,69)(H,66,75)(H,67,70)/t36-,38-,39-,40?,41-,42?,43?,44?/m0/s1. The van der Waals surface area contributed by atoms with E-state index in [1.807, 2.05) is 24.3 Å². The number of hydrogen-bond donors (Lipinski definition) is 12. The molecule has 1 saturated heterocycles. The molecule has 412 valence electrons. The van der Waals surface area contributed by atoms with Crippen LogP contribution in [0, 0.1) is 17.6 Å². The summed E-state index contributed by atoms with van der Waals surface area (Å²) >= 11 is 0. The number of halogens is 2. The predicted molar refractivity (Wildman–Crippen MR) is 288 cm³/mol. The number of aromatic nitrogens is 3. The van der Waals surface area contributed by atoms with Gasteiger partial charge in [-0.05, 0) is 85.2 Å². The van der Waals surface area contributed by atoms with Crippen molar-refractivity contribution < 1.29 is 47.1 Å². The SMILES string of the molecule is CC(C)C1NC(=O)[C@H](CCCCN)NC(=O)C(Cc2c[nH]c3ccccc23)NC(=O)[C@H](Cc2cnc[nH]2)NC(=O)C(NC(=O)[C@@H](N)Cc2cccc(F)c2)CSSCC(C(=O)N[C@@H](Cc2cccc(F)c2)C(N)=O)NC1=O. The molecule has 0 bridgehead atoms. The van der Waals surface area contributed by atoms with E-state index in [0.29, 0.717) is 35.2 Å². The van der Waals surface area contributed by atoms with Gasteiger partial charge in [-0.1, -0.05) is 77.9 Å². The minimum Gasteiger partial charge on any atom is -0.368 e. The fourth-order valence-corrected chi connectivity index (χ4v) is 10.8. The van der Waals surface area contributed by atoms with Crippen LogP contribution in [0.3, 0.4) is 0 Å². The van der Waals surface area contributed by atoms with Crippen LogP contribution in [0.2, 0.25) is 0 Å². The Morgan fingerprint density at radius 3 is 2.03 bits per heavy atom. The van der Waals surface area contributed by atoms with Gasteiger partial charge in [0, 0.05) is 59.8 Å². The Morgan fingerprint density at radius 2 is 1.38 bits per heavy atom. The number of aromatic amines is 2. The van der Waals surface area contributed by atoms with Gasteiger partial charge in [-0.3, -0.25) is 38.4 Å². The minimum atomic E-state index is -1.45. The number of carbonyl (C=O) groups is 8. The molecule has 25 heteroatoms. The van der Waals surface area contributed by atoms with Crippen LogP contribution in [0.25, 0.3) is 10.9 Å². The zero-order valence-electron chi connectivity index (χ0n) is 42.4. The second kappa shape index (κ2) is 28.7. The third kappa shape index (κ3) is 17.6. The molecule has 4 unspecified atom stereocenters. The van der Waals surface area contributed by atoms with Crippen molar-refractivity contribution in [1.82, 2.24) is 52.2 Å². The summed E-state index contributed by atoms with van der Waals surface area (Å²) in [6.07, 6.45) is 4.81. The van der Waals surface area contributed by atoms with E-state index in [9.17, 15) is 47.1 Å². The van der Waals surface area contributed by atoms with E-state index in [4.69, 9.17) is 17.2 Å². The number of nitrogens with one attached hydrogen (secondary N) is 9. The lowest BCUT2D eigenvalue weighted by molar-refractivity contribution is -0.136. The second-order valence-electron chi connectivity index (χ2n) is 19.0. The van der Waals surface area contributed by atoms with E-state index >= 15 is 0 Å². The molecule has 3 aromatic carbocycles. The lowest BCUT2D eigenvalue weighted by atomic mass is 10.00. The molecule has 21 nitrogen and oxygen atoms in total. The Kier molecular flexibility index (Phi) is 21.9. The van der Waals surface area contributed by atoms with Crippen LogP contribution in [0.1, 0.15) is 55.5 Å². The van der Waals surface area contributed by atoms with Crippen LogP contribution in [-0.2, 0) is 64.0 Å². The summed E-state index contributed by atoms with van der Waals surface area (Å²) in [6.45, 7) is 3.58. The number of unbranched alkanes of at least 4 members (excludes halogenated alkanes) is 1. The molecule has 15 N–H and O–H groups in total. The van der Waals surface area contributed by atoms with Crippen molar-refractivity contribution in [1.29, 1.82) is 0 Å². The number of primary amides is 1. The summed E-state index contributed by atoms with van der Waals surface area (Å²) < 4.78 is 28.3. The highest BCUT2D eigenvalue weighted by atomic mass is 33.1. The molecule has 77 heavy (non-hydrogen) atoms. The molecule has 8 atom stereocenters. The number of nitrogens with two attached hydrogens (primary N) is 3. The van der Waals surface area contributed by atoms with E-state index in [1.54, 1.807) is 26.1 Å². The molecule has 1 aliphatic heterocycles. The molecule has 3 heterocycles. The second-order valence-corrected chi connectivity index (χ2v) is 21.5. The Labute approximate surface area is 451 Å². The van der Waals surface area contributed by atoms with Crippen LogP contribution in [0.15, 0.2) is 91.5 Å². The molecule has 0 radical (unpaired) electrons. The van der Waals surface area contributed by atoms with Gasteiger partial charge in [-0.25, -0.2) is 13.8 Å². The van der Waals surface area contributed by atoms with Gasteiger partial charge < -0.3 is 64.4 Å². The number of fused-ring (bicyclic) bond motifs is 1. The van der Waals surface area contributed by atoms with Crippen molar-refractivity contribution in [3.8, 4) is 0 Å². The highest BCUT2D eigenvalue weighted by molar-refractivity contribution is 8.76. The van der Waals surface area contributed by atoms with E-state index < -0.39 is 113 Å². The zero-order chi connectivity index (χ0) is 55.6. The fourth-order valence-electron chi connectivity index (χ4n) is 8.47. The van der Waals surface area contributed by atoms with Crippen molar-refractivity contribution in [2.75, 3.05) is 18.1 Å². The highest BCUT2D eigenvalue weighted by Gasteiger charge is 2.36. The summed E-state index contributed by atoms with van der Waals surface area (Å²) in [4.78, 5) is 124.